The fraction of sp³-hybridized carbons (Fsp3) is 0.238. The summed E-state index contributed by atoms with van der Waals surface area (Å²) in [5.74, 6) is -0.558. The summed E-state index contributed by atoms with van der Waals surface area (Å²) in [5, 5.41) is 5.70. The van der Waals surface area contributed by atoms with Gasteiger partial charge >= 0.3 is 0 Å². The SMILES string of the molecule is CCc1ccc(-c2nc(CN(C)CC(=O)Nc3cccc(F)c3)cs2)cc1. The number of nitrogens with zero attached hydrogens (tertiary/aromatic N) is 2. The Morgan fingerprint density at radius 3 is 2.70 bits per heavy atom. The molecule has 3 rings (SSSR count). The molecule has 2 aromatic carbocycles. The van der Waals surface area contributed by atoms with Crippen LogP contribution in [0.4, 0.5) is 10.1 Å². The van der Waals surface area contributed by atoms with Crippen molar-refractivity contribution in [2.45, 2.75) is 19.9 Å². The Kier molecular flexibility index (Phi) is 6.32. The molecule has 1 N–H and O–H groups in total. The number of likely N-dealkylation sites (N-methyl/N-ethyl adjacent to an activating group) is 1. The minimum absolute atomic E-state index is 0.186. The largest absolute Gasteiger partial charge is 0.325 e. The van der Waals surface area contributed by atoms with E-state index in [1.807, 2.05) is 17.3 Å². The Hall–Kier alpha value is -2.57. The highest BCUT2D eigenvalue weighted by molar-refractivity contribution is 7.13. The lowest BCUT2D eigenvalue weighted by Gasteiger charge is -2.15. The van der Waals surface area contributed by atoms with Gasteiger partial charge in [0.05, 0.1) is 12.2 Å². The number of thiazole rings is 1. The van der Waals surface area contributed by atoms with E-state index < -0.39 is 0 Å². The molecule has 4 nitrogen and oxygen atoms in total. The number of anilines is 1. The highest BCUT2D eigenvalue weighted by Gasteiger charge is 2.11. The second-order valence-corrected chi connectivity index (χ2v) is 7.28. The van der Waals surface area contributed by atoms with Gasteiger partial charge in [-0.2, -0.15) is 0 Å². The van der Waals surface area contributed by atoms with Crippen molar-refractivity contribution in [3.8, 4) is 10.6 Å². The molecule has 0 saturated heterocycles. The van der Waals surface area contributed by atoms with E-state index in [1.165, 1.54) is 17.7 Å². The third-order valence-electron chi connectivity index (χ3n) is 4.11. The van der Waals surface area contributed by atoms with Crippen LogP contribution in [0.5, 0.6) is 0 Å². The second-order valence-electron chi connectivity index (χ2n) is 6.43. The lowest BCUT2D eigenvalue weighted by atomic mass is 10.1. The highest BCUT2D eigenvalue weighted by atomic mass is 32.1. The van der Waals surface area contributed by atoms with E-state index in [0.717, 1.165) is 22.7 Å². The molecule has 0 aliphatic heterocycles. The first-order valence-corrected chi connectivity index (χ1v) is 9.69. The Labute approximate surface area is 162 Å². The van der Waals surface area contributed by atoms with Gasteiger partial charge in [0.15, 0.2) is 0 Å². The molecule has 0 bridgehead atoms. The number of benzene rings is 2. The van der Waals surface area contributed by atoms with Crippen LogP contribution < -0.4 is 5.32 Å². The predicted molar refractivity (Wildman–Crippen MR) is 108 cm³/mol. The van der Waals surface area contributed by atoms with Crippen molar-refractivity contribution in [2.24, 2.45) is 0 Å². The Morgan fingerprint density at radius 1 is 1.22 bits per heavy atom. The van der Waals surface area contributed by atoms with E-state index in [1.54, 1.807) is 23.5 Å². The fourth-order valence-corrected chi connectivity index (χ4v) is 3.56. The molecule has 3 aromatic rings. The minimum Gasteiger partial charge on any atom is -0.325 e. The van der Waals surface area contributed by atoms with Crippen molar-refractivity contribution in [1.29, 1.82) is 0 Å². The molecule has 140 valence electrons. The first-order valence-electron chi connectivity index (χ1n) is 8.81. The van der Waals surface area contributed by atoms with Crippen LogP contribution in [0.2, 0.25) is 0 Å². The first kappa shape index (κ1) is 19.2. The van der Waals surface area contributed by atoms with Crippen molar-refractivity contribution in [3.05, 3.63) is 71.0 Å². The molecule has 1 amide bonds. The third kappa shape index (κ3) is 5.45. The van der Waals surface area contributed by atoms with Gasteiger partial charge < -0.3 is 5.32 Å². The zero-order chi connectivity index (χ0) is 19.2. The summed E-state index contributed by atoms with van der Waals surface area (Å²) in [4.78, 5) is 18.7. The van der Waals surface area contributed by atoms with Gasteiger partial charge in [0.2, 0.25) is 5.91 Å². The topological polar surface area (TPSA) is 45.2 Å². The first-order chi connectivity index (χ1) is 13.0. The summed E-state index contributed by atoms with van der Waals surface area (Å²) >= 11 is 1.60. The summed E-state index contributed by atoms with van der Waals surface area (Å²) in [6.07, 6.45) is 1.02. The quantitative estimate of drug-likeness (QED) is 0.649. The van der Waals surface area contributed by atoms with Crippen LogP contribution >= 0.6 is 11.3 Å². The number of carbonyl (C=O) groups is 1. The highest BCUT2D eigenvalue weighted by Crippen LogP contribution is 2.24. The molecule has 0 unspecified atom stereocenters. The average Bonchev–Trinajstić information content (AvgIpc) is 3.10. The van der Waals surface area contributed by atoms with Crippen LogP contribution in [0, 0.1) is 5.82 Å². The molecule has 0 aliphatic rings. The molecule has 1 aromatic heterocycles. The number of aromatic nitrogens is 1. The minimum atomic E-state index is -0.372. The van der Waals surface area contributed by atoms with Crippen LogP contribution in [0.15, 0.2) is 53.9 Å². The maximum absolute atomic E-state index is 13.2. The number of rotatable bonds is 7. The van der Waals surface area contributed by atoms with Crippen molar-refractivity contribution in [2.75, 3.05) is 18.9 Å². The average molecular weight is 383 g/mol. The molecular formula is C21H22FN3OS. The maximum atomic E-state index is 13.2. The van der Waals surface area contributed by atoms with Crippen LogP contribution in [-0.2, 0) is 17.8 Å². The molecule has 0 aliphatic carbocycles. The summed E-state index contributed by atoms with van der Waals surface area (Å²) in [5.41, 5.74) is 3.80. The van der Waals surface area contributed by atoms with Crippen LogP contribution in [0.25, 0.3) is 10.6 Å². The van der Waals surface area contributed by atoms with Crippen LogP contribution in [0.3, 0.4) is 0 Å². The van der Waals surface area contributed by atoms with E-state index in [9.17, 15) is 9.18 Å². The van der Waals surface area contributed by atoms with E-state index in [4.69, 9.17) is 0 Å². The van der Waals surface area contributed by atoms with Gasteiger partial charge in [-0.25, -0.2) is 9.37 Å². The van der Waals surface area contributed by atoms with Crippen molar-refractivity contribution < 1.29 is 9.18 Å². The second kappa shape index (κ2) is 8.88. The van der Waals surface area contributed by atoms with Gasteiger partial charge in [0.1, 0.15) is 10.8 Å². The molecule has 0 spiro atoms. The predicted octanol–water partition coefficient (Wildman–Crippen LogP) is 4.58. The lowest BCUT2D eigenvalue weighted by molar-refractivity contribution is -0.117. The molecule has 0 atom stereocenters. The zero-order valence-corrected chi connectivity index (χ0v) is 16.2. The van der Waals surface area contributed by atoms with Crippen molar-refractivity contribution in [3.63, 3.8) is 0 Å². The zero-order valence-electron chi connectivity index (χ0n) is 15.4. The molecule has 27 heavy (non-hydrogen) atoms. The number of nitrogens with one attached hydrogen (secondary N) is 1. The van der Waals surface area contributed by atoms with E-state index >= 15 is 0 Å². The summed E-state index contributed by atoms with van der Waals surface area (Å²) in [6.45, 7) is 2.91. The number of aryl methyl sites for hydroxylation is 1. The molecule has 0 radical (unpaired) electrons. The third-order valence-corrected chi connectivity index (χ3v) is 5.05. The number of amides is 1. The molecule has 0 fully saturated rings. The van der Waals surface area contributed by atoms with Gasteiger partial charge in [-0.05, 0) is 37.2 Å². The summed E-state index contributed by atoms with van der Waals surface area (Å²) in [7, 11) is 1.86. The standard InChI is InChI=1S/C21H22FN3OS/c1-3-15-7-9-16(10-8-15)21-24-19(14-27-21)12-25(2)13-20(26)23-18-6-4-5-17(22)11-18/h4-11,14H,3,12-13H2,1-2H3,(H,23,26). The van der Waals surface area contributed by atoms with Gasteiger partial charge in [-0.15, -0.1) is 11.3 Å². The van der Waals surface area contributed by atoms with Gasteiger partial charge in [-0.1, -0.05) is 37.3 Å². The van der Waals surface area contributed by atoms with Crippen LogP contribution in [-0.4, -0.2) is 29.4 Å². The number of hydrogen-bond acceptors (Lipinski definition) is 4. The Morgan fingerprint density at radius 2 is 2.00 bits per heavy atom. The Bertz CT molecular complexity index is 908. The van der Waals surface area contributed by atoms with E-state index in [-0.39, 0.29) is 18.3 Å². The summed E-state index contributed by atoms with van der Waals surface area (Å²) < 4.78 is 13.2. The number of halogens is 1. The molecule has 0 saturated carbocycles. The normalized spacial score (nSPS) is 11.0. The maximum Gasteiger partial charge on any atom is 0.238 e. The van der Waals surface area contributed by atoms with E-state index in [0.29, 0.717) is 12.2 Å². The van der Waals surface area contributed by atoms with Gasteiger partial charge in [0.25, 0.3) is 0 Å². The summed E-state index contributed by atoms with van der Waals surface area (Å²) in [6, 6.07) is 14.3. The molecule has 1 heterocycles. The van der Waals surface area contributed by atoms with E-state index in [2.05, 4.69) is 41.5 Å². The smallest absolute Gasteiger partial charge is 0.238 e. The van der Waals surface area contributed by atoms with Crippen LogP contribution in [0.1, 0.15) is 18.2 Å². The van der Waals surface area contributed by atoms with Crippen molar-refractivity contribution >= 4 is 22.9 Å². The molecular weight excluding hydrogens is 361 g/mol. The lowest BCUT2D eigenvalue weighted by Crippen LogP contribution is -2.29. The van der Waals surface area contributed by atoms with Gasteiger partial charge in [-0.3, -0.25) is 9.69 Å². The number of hydrogen-bond donors (Lipinski definition) is 1. The molecule has 6 heteroatoms. The fourth-order valence-electron chi connectivity index (χ4n) is 2.74. The van der Waals surface area contributed by atoms with Crippen molar-refractivity contribution in [1.82, 2.24) is 9.88 Å². The Balaban J connectivity index is 1.55. The monoisotopic (exact) mass is 383 g/mol. The number of carbonyl (C=O) groups excluding carboxylic acids is 1. The van der Waals surface area contributed by atoms with Gasteiger partial charge in [0, 0.05) is 23.2 Å².